The first kappa shape index (κ1) is 19.4. The minimum absolute atomic E-state index is 0.0233. The zero-order valence-electron chi connectivity index (χ0n) is 13.4. The van der Waals surface area contributed by atoms with Gasteiger partial charge in [-0.25, -0.2) is 0 Å². The van der Waals surface area contributed by atoms with Gasteiger partial charge in [0.1, 0.15) is 11.5 Å². The van der Waals surface area contributed by atoms with Crippen molar-refractivity contribution in [2.24, 2.45) is 0 Å². The Morgan fingerprint density at radius 3 is 2.31 bits per heavy atom. The summed E-state index contributed by atoms with van der Waals surface area (Å²) in [7, 11) is -4.06. The molecule has 0 aromatic heterocycles. The van der Waals surface area contributed by atoms with Gasteiger partial charge in [0, 0.05) is 11.5 Å². The van der Waals surface area contributed by atoms with E-state index in [2.05, 4.69) is 0 Å². The van der Waals surface area contributed by atoms with E-state index in [9.17, 15) is 21.6 Å². The van der Waals surface area contributed by atoms with Gasteiger partial charge >= 0.3 is 16.3 Å². The molecule has 0 spiro atoms. The van der Waals surface area contributed by atoms with Gasteiger partial charge in [-0.2, -0.15) is 21.6 Å². The molecule has 1 heterocycles. The van der Waals surface area contributed by atoms with Gasteiger partial charge in [-0.15, -0.1) is 23.5 Å². The largest absolute Gasteiger partial charge is 0.416 e. The van der Waals surface area contributed by atoms with Crippen molar-refractivity contribution in [1.29, 1.82) is 0 Å². The maximum absolute atomic E-state index is 12.7. The van der Waals surface area contributed by atoms with Gasteiger partial charge in [-0.3, -0.25) is 0 Å². The smallest absolute Gasteiger partial charge is 0.382 e. The summed E-state index contributed by atoms with van der Waals surface area (Å²) in [6.45, 7) is 0. The highest BCUT2D eigenvalue weighted by Gasteiger charge is 2.30. The normalized spacial score (nSPS) is 16.0. The third-order valence-corrected chi connectivity index (χ3v) is 7.83. The van der Waals surface area contributed by atoms with E-state index >= 15 is 0 Å². The van der Waals surface area contributed by atoms with E-state index in [1.54, 1.807) is 12.1 Å². The van der Waals surface area contributed by atoms with Gasteiger partial charge in [0.05, 0.1) is 10.1 Å². The predicted octanol–water partition coefficient (Wildman–Crippen LogP) is 5.09. The summed E-state index contributed by atoms with van der Waals surface area (Å²) in [5.74, 6) is 1.68. The molecule has 0 amide bonds. The van der Waals surface area contributed by atoms with Crippen molar-refractivity contribution in [2.45, 2.75) is 16.5 Å². The molecule has 0 unspecified atom stereocenters. The van der Waals surface area contributed by atoms with Crippen molar-refractivity contribution in [3.8, 4) is 5.75 Å². The van der Waals surface area contributed by atoms with Gasteiger partial charge in [0.25, 0.3) is 0 Å². The van der Waals surface area contributed by atoms with Crippen LogP contribution in [-0.2, 0) is 22.0 Å². The maximum atomic E-state index is 12.7. The molecule has 0 saturated carbocycles. The molecule has 1 aliphatic heterocycles. The Labute approximate surface area is 158 Å². The summed E-state index contributed by atoms with van der Waals surface area (Å²) < 4.78 is 67.9. The zero-order valence-corrected chi connectivity index (χ0v) is 15.9. The molecule has 140 valence electrons. The van der Waals surface area contributed by atoms with Crippen LogP contribution >= 0.6 is 23.5 Å². The number of rotatable bonds is 5. The first-order chi connectivity index (χ1) is 12.2. The molecule has 0 atom stereocenters. The van der Waals surface area contributed by atoms with Gasteiger partial charge in [-0.1, -0.05) is 30.3 Å². The summed E-state index contributed by atoms with van der Waals surface area (Å²) in [6, 6.07) is 11.0. The van der Waals surface area contributed by atoms with Crippen LogP contribution in [0.25, 0.3) is 0 Å². The number of hydrogen-bond donors (Lipinski definition) is 0. The average Bonchev–Trinajstić information content (AvgIpc) is 3.08. The third-order valence-electron chi connectivity index (χ3n) is 3.59. The minimum Gasteiger partial charge on any atom is -0.382 e. The lowest BCUT2D eigenvalue weighted by molar-refractivity contribution is -0.137. The van der Waals surface area contributed by atoms with Crippen molar-refractivity contribution < 1.29 is 25.8 Å². The van der Waals surface area contributed by atoms with Crippen molar-refractivity contribution in [3.63, 3.8) is 0 Å². The first-order valence-corrected chi connectivity index (χ1v) is 11.3. The maximum Gasteiger partial charge on any atom is 0.416 e. The van der Waals surface area contributed by atoms with Crippen LogP contribution in [0.4, 0.5) is 13.2 Å². The molecule has 2 aromatic rings. The van der Waals surface area contributed by atoms with Crippen LogP contribution in [0.1, 0.15) is 21.3 Å². The Morgan fingerprint density at radius 2 is 1.69 bits per heavy atom. The lowest BCUT2D eigenvalue weighted by Crippen LogP contribution is -2.13. The lowest BCUT2D eigenvalue weighted by atomic mass is 10.1. The molecular weight excluding hydrogens is 405 g/mol. The summed E-state index contributed by atoms with van der Waals surface area (Å²) in [5, 5.41) is 0. The molecular formula is C17H15F3O3S3. The van der Waals surface area contributed by atoms with Crippen LogP contribution in [-0.4, -0.2) is 19.9 Å². The quantitative estimate of drug-likeness (QED) is 0.630. The molecule has 0 aliphatic carbocycles. The van der Waals surface area contributed by atoms with E-state index in [0.717, 1.165) is 29.2 Å². The monoisotopic (exact) mass is 420 g/mol. The number of benzene rings is 2. The van der Waals surface area contributed by atoms with Crippen LogP contribution < -0.4 is 4.18 Å². The molecule has 1 aliphatic rings. The SMILES string of the molecule is O=S(=O)(Cc1cccc(C(F)(F)F)c1)Oc1ccc(C2SCCS2)cc1. The van der Waals surface area contributed by atoms with Crippen LogP contribution in [0.2, 0.25) is 0 Å². The second-order valence-electron chi connectivity index (χ2n) is 5.63. The number of hydrogen-bond acceptors (Lipinski definition) is 5. The second-order valence-corrected chi connectivity index (χ2v) is 9.92. The first-order valence-electron chi connectivity index (χ1n) is 7.64. The van der Waals surface area contributed by atoms with Gasteiger partial charge < -0.3 is 4.18 Å². The van der Waals surface area contributed by atoms with E-state index in [4.69, 9.17) is 4.18 Å². The average molecular weight is 420 g/mol. The summed E-state index contributed by atoms with van der Waals surface area (Å²) >= 11 is 3.66. The predicted molar refractivity (Wildman–Crippen MR) is 98.8 cm³/mol. The topological polar surface area (TPSA) is 43.4 Å². The number of thioether (sulfide) groups is 2. The second kappa shape index (κ2) is 7.74. The van der Waals surface area contributed by atoms with Crippen molar-refractivity contribution in [2.75, 3.05) is 11.5 Å². The van der Waals surface area contributed by atoms with Gasteiger partial charge in [0.2, 0.25) is 0 Å². The Balaban J connectivity index is 1.69. The molecule has 0 bridgehead atoms. The van der Waals surface area contributed by atoms with Gasteiger partial charge in [-0.05, 0) is 29.3 Å². The van der Waals surface area contributed by atoms with Gasteiger partial charge in [0.15, 0.2) is 0 Å². The number of halogens is 3. The van der Waals surface area contributed by atoms with Crippen molar-refractivity contribution in [1.82, 2.24) is 0 Å². The van der Waals surface area contributed by atoms with E-state index in [1.807, 2.05) is 35.7 Å². The highest BCUT2D eigenvalue weighted by molar-refractivity contribution is 8.19. The summed E-state index contributed by atoms with van der Waals surface area (Å²) in [4.78, 5) is 0. The molecule has 2 aromatic carbocycles. The Hall–Kier alpha value is -1.32. The van der Waals surface area contributed by atoms with E-state index < -0.39 is 27.6 Å². The number of alkyl halides is 3. The van der Waals surface area contributed by atoms with Crippen LogP contribution in [0.5, 0.6) is 5.75 Å². The molecule has 0 radical (unpaired) electrons. The van der Waals surface area contributed by atoms with Crippen molar-refractivity contribution in [3.05, 3.63) is 65.2 Å². The summed E-state index contributed by atoms with van der Waals surface area (Å²) in [6.07, 6.45) is -4.52. The Bertz CT molecular complexity index is 859. The molecule has 26 heavy (non-hydrogen) atoms. The lowest BCUT2D eigenvalue weighted by Gasteiger charge is -2.11. The highest BCUT2D eigenvalue weighted by atomic mass is 32.2. The fraction of sp³-hybridized carbons (Fsp3) is 0.294. The fourth-order valence-electron chi connectivity index (χ4n) is 2.45. The standard InChI is InChI=1S/C17H15F3O3S3/c18-17(19,20)14-3-1-2-12(10-14)11-26(21,22)23-15-6-4-13(5-7-15)16-24-8-9-25-16/h1-7,10,16H,8-9,11H2. The molecule has 3 rings (SSSR count). The molecule has 3 nitrogen and oxygen atoms in total. The van der Waals surface area contributed by atoms with Crippen LogP contribution in [0, 0.1) is 0 Å². The minimum atomic E-state index is -4.52. The van der Waals surface area contributed by atoms with Crippen LogP contribution in [0.15, 0.2) is 48.5 Å². The van der Waals surface area contributed by atoms with E-state index in [0.29, 0.717) is 4.58 Å². The molecule has 1 saturated heterocycles. The van der Waals surface area contributed by atoms with Crippen LogP contribution in [0.3, 0.4) is 0 Å². The summed E-state index contributed by atoms with van der Waals surface area (Å²) in [5.41, 5.74) is 0.219. The fourth-order valence-corrected chi connectivity index (χ4v) is 6.36. The molecule has 9 heteroatoms. The van der Waals surface area contributed by atoms with E-state index in [-0.39, 0.29) is 11.3 Å². The zero-order chi connectivity index (χ0) is 18.8. The highest BCUT2D eigenvalue weighted by Crippen LogP contribution is 2.45. The Morgan fingerprint density at radius 1 is 1.04 bits per heavy atom. The third kappa shape index (κ3) is 5.11. The Kier molecular flexibility index (Phi) is 5.78. The van der Waals surface area contributed by atoms with E-state index in [1.165, 1.54) is 12.1 Å². The molecule has 0 N–H and O–H groups in total. The van der Waals surface area contributed by atoms with Crippen molar-refractivity contribution >= 4 is 33.6 Å². The molecule has 1 fully saturated rings.